The number of allylic oxidation sites excluding steroid dienone is 2. The molecule has 5 heterocycles. The molecule has 6 aromatic carbocycles. The number of para-hydroxylation sites is 1. The molecule has 0 N–H and O–H groups in total. The zero-order valence-electron chi connectivity index (χ0n) is 46.2. The summed E-state index contributed by atoms with van der Waals surface area (Å²) in [4.78, 5) is 2.33. The van der Waals surface area contributed by atoms with Crippen molar-refractivity contribution in [2.45, 2.75) is 130 Å². The van der Waals surface area contributed by atoms with Gasteiger partial charge >= 0.3 is 11.7 Å². The lowest BCUT2D eigenvalue weighted by Gasteiger charge is -2.44. The third kappa shape index (κ3) is 5.92. The number of ether oxygens (including phenoxy) is 1. The summed E-state index contributed by atoms with van der Waals surface area (Å²) in [7, 11) is 0. The van der Waals surface area contributed by atoms with E-state index in [0.717, 1.165) is 72.8 Å². The smallest absolute Gasteiger partial charge is 0.368 e. The molecular weight excluding hydrogens is 803 g/mol. The van der Waals surface area contributed by atoms with Crippen molar-refractivity contribution in [1.82, 2.24) is 9.47 Å². The number of fused-ring (bicyclic) bond motifs is 5. The quantitative estimate of drug-likeness (QED) is 0.164. The number of rotatable bonds is 4. The highest BCUT2D eigenvalue weighted by molar-refractivity contribution is 5.97. The summed E-state index contributed by atoms with van der Waals surface area (Å²) in [6, 6.07) is 32.1. The monoisotopic (exact) mass is 874 g/mol. The van der Waals surface area contributed by atoms with Crippen molar-refractivity contribution >= 4 is 16.6 Å². The first-order valence-electron chi connectivity index (χ1n) is 26.2. The van der Waals surface area contributed by atoms with Crippen LogP contribution >= 0.6 is 0 Å². The van der Waals surface area contributed by atoms with Crippen molar-refractivity contribution < 1.29 is 16.2 Å². The van der Waals surface area contributed by atoms with Crippen LogP contribution in [0, 0.1) is 5.41 Å². The van der Waals surface area contributed by atoms with Crippen LogP contribution in [0.2, 0.25) is 0 Å². The van der Waals surface area contributed by atoms with E-state index >= 15 is 0 Å². The Morgan fingerprint density at radius 1 is 0.621 bits per heavy atom. The number of imidazole rings is 1. The molecular formula is C62H66N3O+. The highest BCUT2D eigenvalue weighted by Gasteiger charge is 2.66. The van der Waals surface area contributed by atoms with Crippen LogP contribution in [0.5, 0.6) is 5.75 Å². The summed E-state index contributed by atoms with van der Waals surface area (Å²) in [5.74, 6) is 0.585. The molecule has 0 radical (unpaired) electrons. The van der Waals surface area contributed by atoms with E-state index in [1.807, 2.05) is 6.08 Å². The Balaban J connectivity index is 1.33. The maximum atomic E-state index is 9.09. The molecule has 0 fully saturated rings. The minimum absolute atomic E-state index is 0.0200. The Hall–Kier alpha value is -6.13. The zero-order chi connectivity index (χ0) is 51.0. The maximum Gasteiger partial charge on any atom is 0.368 e. The van der Waals surface area contributed by atoms with Gasteiger partial charge < -0.3 is 4.74 Å². The van der Waals surface area contributed by atoms with E-state index in [2.05, 4.69) is 214 Å². The molecule has 2 unspecified atom stereocenters. The van der Waals surface area contributed by atoms with Crippen molar-refractivity contribution in [1.29, 1.82) is 0 Å². The average Bonchev–Trinajstić information content (AvgIpc) is 3.80. The molecule has 0 saturated carbocycles. The maximum absolute atomic E-state index is 9.09. The van der Waals surface area contributed by atoms with Crippen molar-refractivity contribution in [3.05, 3.63) is 179 Å². The lowest BCUT2D eigenvalue weighted by molar-refractivity contribution is -0.784. The minimum Gasteiger partial charge on any atom is -0.427 e. The van der Waals surface area contributed by atoms with E-state index in [0.29, 0.717) is 5.57 Å². The Kier molecular flexibility index (Phi) is 7.70. The minimum atomic E-state index is -1.26. The fourth-order valence-electron chi connectivity index (χ4n) is 10.8. The van der Waals surface area contributed by atoms with Crippen LogP contribution in [-0.4, -0.2) is 9.47 Å². The normalized spacial score (nSPS) is 19.5. The molecule has 2 atom stereocenters. The number of hydrogen-bond donors (Lipinski definition) is 0. The van der Waals surface area contributed by atoms with Gasteiger partial charge in [-0.15, -0.1) is 0 Å². The van der Waals surface area contributed by atoms with Gasteiger partial charge in [0.05, 0.1) is 18.5 Å². The summed E-state index contributed by atoms with van der Waals surface area (Å²) < 4.78 is 57.0. The van der Waals surface area contributed by atoms with Gasteiger partial charge in [-0.3, -0.25) is 4.90 Å². The van der Waals surface area contributed by atoms with Crippen molar-refractivity contribution in [2.75, 3.05) is 0 Å². The summed E-state index contributed by atoms with van der Waals surface area (Å²) in [5.41, 5.74) is 15.4. The van der Waals surface area contributed by atoms with E-state index in [4.69, 9.17) is 11.6 Å². The summed E-state index contributed by atoms with van der Waals surface area (Å²) in [5, 5.41) is 0. The van der Waals surface area contributed by atoms with Gasteiger partial charge in [-0.25, -0.2) is 0 Å². The van der Waals surface area contributed by atoms with Crippen molar-refractivity contribution in [3.63, 3.8) is 0 Å². The Morgan fingerprint density at radius 2 is 1.29 bits per heavy atom. The van der Waals surface area contributed by atoms with Crippen LogP contribution in [0.1, 0.15) is 149 Å². The summed E-state index contributed by atoms with van der Waals surface area (Å²) >= 11 is 0. The fraction of sp³-hybridized carbons (Fsp3) is 0.339. The summed E-state index contributed by atoms with van der Waals surface area (Å²) in [6.45, 7) is 32.1. The molecule has 0 aliphatic carbocycles. The SMILES string of the molecule is [2H]c1c([2H])c([2H])c(C2=CC3c4cc(C(C)(C)C)cc5c4C4(Oc6c(cc(C(C)(C)C)cc6C(C)(C)C)-c6n(-c7ccc(C(C)(C)C(C)(C)C)cc7-c7ccccc7)c7cccc-5c7[n+]64)N3C=C2)c([2H])c1[2H]. The predicted molar refractivity (Wildman–Crippen MR) is 274 cm³/mol. The van der Waals surface area contributed by atoms with Crippen LogP contribution < -0.4 is 9.30 Å². The van der Waals surface area contributed by atoms with E-state index in [-0.39, 0.29) is 56.8 Å². The van der Waals surface area contributed by atoms with Gasteiger partial charge in [0.2, 0.25) is 0 Å². The molecule has 66 heavy (non-hydrogen) atoms. The first kappa shape index (κ1) is 37.0. The van der Waals surface area contributed by atoms with Crippen molar-refractivity contribution in [2.24, 2.45) is 5.41 Å². The number of aromatic nitrogens is 2. The summed E-state index contributed by atoms with van der Waals surface area (Å²) in [6.07, 6.45) is 6.07. The molecule has 4 heteroatoms. The highest BCUT2D eigenvalue weighted by Crippen LogP contribution is 2.61. The predicted octanol–water partition coefficient (Wildman–Crippen LogP) is 15.5. The highest BCUT2D eigenvalue weighted by atomic mass is 16.5. The van der Waals surface area contributed by atoms with Crippen LogP contribution in [0.3, 0.4) is 0 Å². The molecule has 7 aromatic rings. The topological polar surface area (TPSA) is 21.3 Å². The first-order chi connectivity index (χ1) is 33.1. The van der Waals surface area contributed by atoms with Gasteiger partial charge in [-0.05, 0) is 115 Å². The van der Waals surface area contributed by atoms with Gasteiger partial charge in [0.15, 0.2) is 11.0 Å². The molecule has 4 aliphatic rings. The Labute approximate surface area is 400 Å². The largest absolute Gasteiger partial charge is 0.427 e. The Morgan fingerprint density at radius 3 is 1.95 bits per heavy atom. The lowest BCUT2D eigenvalue weighted by atomic mass is 9.65. The van der Waals surface area contributed by atoms with E-state index in [9.17, 15) is 0 Å². The molecule has 0 amide bonds. The van der Waals surface area contributed by atoms with Crippen LogP contribution in [0.25, 0.3) is 55.9 Å². The molecule has 334 valence electrons. The van der Waals surface area contributed by atoms with E-state index in [1.165, 1.54) is 16.7 Å². The van der Waals surface area contributed by atoms with E-state index in [1.54, 1.807) is 0 Å². The lowest BCUT2D eigenvalue weighted by Crippen LogP contribution is -2.70. The van der Waals surface area contributed by atoms with Gasteiger partial charge in [0.25, 0.3) is 0 Å². The second kappa shape index (κ2) is 13.7. The fourth-order valence-corrected chi connectivity index (χ4v) is 10.8. The second-order valence-electron chi connectivity index (χ2n) is 23.8. The average molecular weight is 874 g/mol. The first-order valence-corrected chi connectivity index (χ1v) is 23.7. The molecule has 0 bridgehead atoms. The standard InChI is InChI=1S/C62H66N3O/c1-57(2,3)42-34-46-44-26-21-27-51-54(44)65-56(64(51)50-29-28-41(61(13,14)60(10,11)12)33-45(50)39-24-19-16-20-25-39)48-36-43(58(4,5)6)37-49(59(7,8)9)55(48)66-62(65)53(46)47(35-42)52-32-40(30-31-63(52)62)38-22-17-15-18-23-38/h15-37,52H,1-14H3/q+1/i15D,17D,18D,22D,23D. The Bertz CT molecular complexity index is 3500. The third-order valence-electron chi connectivity index (χ3n) is 15.5. The second-order valence-corrected chi connectivity index (χ2v) is 23.8. The van der Waals surface area contributed by atoms with Gasteiger partial charge in [-0.2, -0.15) is 9.13 Å². The van der Waals surface area contributed by atoms with Gasteiger partial charge in [-0.1, -0.05) is 182 Å². The van der Waals surface area contributed by atoms with Gasteiger partial charge in [0, 0.05) is 28.5 Å². The number of hydrogen-bond acceptors (Lipinski definition) is 2. The molecule has 1 spiro atoms. The molecule has 0 saturated heterocycles. The van der Waals surface area contributed by atoms with Crippen LogP contribution in [0.4, 0.5) is 0 Å². The molecule has 1 aromatic heterocycles. The zero-order valence-corrected chi connectivity index (χ0v) is 41.2. The van der Waals surface area contributed by atoms with Gasteiger partial charge in [0.1, 0.15) is 17.0 Å². The number of nitrogens with zero attached hydrogens (tertiary/aromatic N) is 3. The molecule has 4 aliphatic heterocycles. The van der Waals surface area contributed by atoms with E-state index < -0.39 is 17.9 Å². The number of benzene rings is 6. The molecule has 4 nitrogen and oxygen atoms in total. The van der Waals surface area contributed by atoms with Crippen LogP contribution in [0.15, 0.2) is 140 Å². The van der Waals surface area contributed by atoms with Crippen molar-refractivity contribution in [3.8, 4) is 45.1 Å². The van der Waals surface area contributed by atoms with Crippen LogP contribution in [-0.2, 0) is 27.5 Å². The third-order valence-corrected chi connectivity index (χ3v) is 15.5. The molecule has 11 rings (SSSR count).